The minimum absolute atomic E-state index is 0.554. The molecule has 1 aromatic heterocycles. The summed E-state index contributed by atoms with van der Waals surface area (Å²) in [6.45, 7) is 4.99. The third kappa shape index (κ3) is 2.99. The Hall–Kier alpha value is -1.06. The van der Waals surface area contributed by atoms with Crippen LogP contribution in [0, 0.1) is 5.92 Å². The molecule has 0 saturated heterocycles. The van der Waals surface area contributed by atoms with Gasteiger partial charge in [-0.1, -0.05) is 32.0 Å². The van der Waals surface area contributed by atoms with E-state index in [1.165, 1.54) is 5.39 Å². The van der Waals surface area contributed by atoms with E-state index in [4.69, 9.17) is 10.7 Å². The molecule has 2 N–H and O–H groups in total. The summed E-state index contributed by atoms with van der Waals surface area (Å²) in [5.74, 6) is 1.75. The molecule has 0 unspecified atom stereocenters. The maximum absolute atomic E-state index is 5.79. The molecule has 0 spiro atoms. The van der Waals surface area contributed by atoms with Gasteiger partial charge in [-0.25, -0.2) is 4.98 Å². The Morgan fingerprint density at radius 3 is 2.76 bits per heavy atom. The molecule has 0 amide bonds. The van der Waals surface area contributed by atoms with Gasteiger partial charge in [-0.3, -0.25) is 0 Å². The summed E-state index contributed by atoms with van der Waals surface area (Å²) in [5, 5.41) is 2.25. The fourth-order valence-electron chi connectivity index (χ4n) is 1.66. The summed E-state index contributed by atoms with van der Waals surface area (Å²) in [7, 11) is 0. The van der Waals surface area contributed by atoms with Gasteiger partial charge < -0.3 is 5.73 Å². The number of fused-ring (bicyclic) bond motifs is 1. The highest BCUT2D eigenvalue weighted by molar-refractivity contribution is 7.99. The second kappa shape index (κ2) is 5.52. The first-order valence-corrected chi connectivity index (χ1v) is 6.91. The van der Waals surface area contributed by atoms with Gasteiger partial charge >= 0.3 is 0 Å². The molecule has 0 aliphatic heterocycles. The lowest BCUT2D eigenvalue weighted by Crippen LogP contribution is -2.02. The smallest absolute Gasteiger partial charge is 0.101 e. The quantitative estimate of drug-likeness (QED) is 0.840. The van der Waals surface area contributed by atoms with Crippen LogP contribution in [0.2, 0.25) is 0 Å². The Morgan fingerprint density at radius 2 is 2.06 bits per heavy atom. The number of thioether (sulfide) groups is 1. The Morgan fingerprint density at radius 1 is 1.29 bits per heavy atom. The number of nitrogens with two attached hydrogens (primary N) is 1. The van der Waals surface area contributed by atoms with Crippen molar-refractivity contribution in [2.75, 3.05) is 5.75 Å². The van der Waals surface area contributed by atoms with Crippen LogP contribution >= 0.6 is 11.8 Å². The third-order valence-electron chi connectivity index (χ3n) is 2.54. The minimum Gasteiger partial charge on any atom is -0.326 e. The molecule has 3 heteroatoms. The lowest BCUT2D eigenvalue weighted by molar-refractivity contribution is 0.749. The van der Waals surface area contributed by atoms with Gasteiger partial charge in [-0.15, -0.1) is 11.8 Å². The second-order valence-electron chi connectivity index (χ2n) is 4.55. The number of para-hydroxylation sites is 1. The number of benzene rings is 1. The topological polar surface area (TPSA) is 38.9 Å². The van der Waals surface area contributed by atoms with Crippen LogP contribution in [-0.2, 0) is 6.54 Å². The zero-order valence-electron chi connectivity index (χ0n) is 10.3. The largest absolute Gasteiger partial charge is 0.326 e. The van der Waals surface area contributed by atoms with E-state index in [1.807, 2.05) is 12.1 Å². The number of hydrogen-bond acceptors (Lipinski definition) is 3. The third-order valence-corrected chi connectivity index (χ3v) is 4.00. The normalized spacial score (nSPS) is 11.3. The van der Waals surface area contributed by atoms with Gasteiger partial charge in [-0.05, 0) is 23.6 Å². The fourth-order valence-corrected chi connectivity index (χ4v) is 2.64. The monoisotopic (exact) mass is 246 g/mol. The van der Waals surface area contributed by atoms with Gasteiger partial charge in [0, 0.05) is 17.7 Å². The van der Waals surface area contributed by atoms with Gasteiger partial charge in [0.05, 0.1) is 5.52 Å². The fraction of sp³-hybridized carbons (Fsp3) is 0.357. The van der Waals surface area contributed by atoms with Crippen LogP contribution in [-0.4, -0.2) is 10.7 Å². The SMILES string of the molecule is CC(C)CSc1nc2ccccc2cc1CN. The zero-order valence-corrected chi connectivity index (χ0v) is 11.1. The highest BCUT2D eigenvalue weighted by Gasteiger charge is 2.07. The molecule has 1 heterocycles. The molecule has 0 aliphatic carbocycles. The number of aromatic nitrogens is 1. The van der Waals surface area contributed by atoms with Crippen molar-refractivity contribution >= 4 is 22.7 Å². The van der Waals surface area contributed by atoms with Crippen molar-refractivity contribution in [1.82, 2.24) is 4.98 Å². The van der Waals surface area contributed by atoms with Crippen molar-refractivity contribution in [2.24, 2.45) is 11.7 Å². The Kier molecular flexibility index (Phi) is 4.02. The molecule has 0 atom stereocenters. The van der Waals surface area contributed by atoms with Crippen molar-refractivity contribution in [2.45, 2.75) is 25.4 Å². The number of hydrogen-bond donors (Lipinski definition) is 1. The van der Waals surface area contributed by atoms with E-state index in [-0.39, 0.29) is 0 Å². The van der Waals surface area contributed by atoms with Gasteiger partial charge in [-0.2, -0.15) is 0 Å². The van der Waals surface area contributed by atoms with Gasteiger partial charge in [0.2, 0.25) is 0 Å². The number of pyridine rings is 1. The van der Waals surface area contributed by atoms with Crippen molar-refractivity contribution < 1.29 is 0 Å². The van der Waals surface area contributed by atoms with E-state index in [9.17, 15) is 0 Å². The summed E-state index contributed by atoms with van der Waals surface area (Å²) in [5.41, 5.74) is 7.99. The molecule has 0 fully saturated rings. The van der Waals surface area contributed by atoms with Crippen molar-refractivity contribution in [1.29, 1.82) is 0 Å². The highest BCUT2D eigenvalue weighted by atomic mass is 32.2. The molecule has 0 aliphatic rings. The second-order valence-corrected chi connectivity index (χ2v) is 5.56. The summed E-state index contributed by atoms with van der Waals surface area (Å²) in [6, 6.07) is 10.3. The van der Waals surface area contributed by atoms with E-state index in [1.54, 1.807) is 11.8 Å². The van der Waals surface area contributed by atoms with Crippen LogP contribution in [0.5, 0.6) is 0 Å². The minimum atomic E-state index is 0.554. The molecule has 0 radical (unpaired) electrons. The molecule has 2 aromatic rings. The summed E-state index contributed by atoms with van der Waals surface area (Å²) in [4.78, 5) is 4.70. The van der Waals surface area contributed by atoms with Crippen LogP contribution in [0.15, 0.2) is 35.4 Å². The van der Waals surface area contributed by atoms with Crippen LogP contribution < -0.4 is 5.73 Å². The molecule has 90 valence electrons. The van der Waals surface area contributed by atoms with E-state index in [0.717, 1.165) is 21.9 Å². The average molecular weight is 246 g/mol. The number of rotatable bonds is 4. The van der Waals surface area contributed by atoms with Crippen molar-refractivity contribution in [3.63, 3.8) is 0 Å². The van der Waals surface area contributed by atoms with Gasteiger partial charge in [0.1, 0.15) is 5.03 Å². The van der Waals surface area contributed by atoms with Crippen LogP contribution in [0.25, 0.3) is 10.9 Å². The van der Waals surface area contributed by atoms with E-state index in [2.05, 4.69) is 32.0 Å². The Labute approximate surface area is 107 Å². The first-order valence-electron chi connectivity index (χ1n) is 5.92. The van der Waals surface area contributed by atoms with Crippen molar-refractivity contribution in [3.05, 3.63) is 35.9 Å². The number of nitrogens with zero attached hydrogens (tertiary/aromatic N) is 1. The maximum Gasteiger partial charge on any atom is 0.101 e. The van der Waals surface area contributed by atoms with E-state index in [0.29, 0.717) is 12.5 Å². The highest BCUT2D eigenvalue weighted by Crippen LogP contribution is 2.26. The first kappa shape index (κ1) is 12.4. The first-order chi connectivity index (χ1) is 8.20. The van der Waals surface area contributed by atoms with E-state index < -0.39 is 0 Å². The summed E-state index contributed by atoms with van der Waals surface area (Å²) >= 11 is 1.80. The van der Waals surface area contributed by atoms with Gasteiger partial charge in [0.25, 0.3) is 0 Å². The predicted octanol–water partition coefficient (Wildman–Crippen LogP) is 3.44. The van der Waals surface area contributed by atoms with Crippen LogP contribution in [0.3, 0.4) is 0 Å². The summed E-state index contributed by atoms with van der Waals surface area (Å²) in [6.07, 6.45) is 0. The molecular weight excluding hydrogens is 228 g/mol. The molecule has 1 aromatic carbocycles. The van der Waals surface area contributed by atoms with Crippen molar-refractivity contribution in [3.8, 4) is 0 Å². The molecule has 0 saturated carbocycles. The van der Waals surface area contributed by atoms with Crippen LogP contribution in [0.1, 0.15) is 19.4 Å². The van der Waals surface area contributed by atoms with Gasteiger partial charge in [0.15, 0.2) is 0 Å². The Balaban J connectivity index is 2.38. The molecule has 2 rings (SSSR count). The maximum atomic E-state index is 5.79. The van der Waals surface area contributed by atoms with Crippen LogP contribution in [0.4, 0.5) is 0 Å². The lowest BCUT2D eigenvalue weighted by atomic mass is 10.1. The molecule has 2 nitrogen and oxygen atoms in total. The van der Waals surface area contributed by atoms with E-state index >= 15 is 0 Å². The molecular formula is C14H18N2S. The zero-order chi connectivity index (χ0) is 12.3. The predicted molar refractivity (Wildman–Crippen MR) is 75.2 cm³/mol. The average Bonchev–Trinajstić information content (AvgIpc) is 2.35. The Bertz CT molecular complexity index is 509. The lowest BCUT2D eigenvalue weighted by Gasteiger charge is -2.10. The molecule has 17 heavy (non-hydrogen) atoms. The summed E-state index contributed by atoms with van der Waals surface area (Å²) < 4.78 is 0. The molecule has 0 bridgehead atoms. The standard InChI is InChI=1S/C14H18N2S/c1-10(2)9-17-14-12(8-15)7-11-5-3-4-6-13(11)16-14/h3-7,10H,8-9,15H2,1-2H3.